The monoisotopic (exact) mass is 127 g/mol. The fraction of sp³-hybridized carbons (Fsp3) is 1.00. The van der Waals surface area contributed by atoms with E-state index in [0.29, 0.717) is 12.6 Å². The number of epoxide rings is 1. The highest BCUT2D eigenvalue weighted by Gasteiger charge is 2.20. The van der Waals surface area contributed by atoms with Crippen LogP contribution in [0.5, 0.6) is 0 Å². The SMILES string of the molecule is [N-]=[N+]=NCCC[C@H]1CO1. The molecular weight excluding hydrogens is 118 g/mol. The molecule has 1 heterocycles. The van der Waals surface area contributed by atoms with E-state index in [1.54, 1.807) is 0 Å². The molecule has 0 bridgehead atoms. The van der Waals surface area contributed by atoms with Crippen LogP contribution in [0.1, 0.15) is 12.8 Å². The lowest BCUT2D eigenvalue weighted by molar-refractivity contribution is 0.393. The zero-order chi connectivity index (χ0) is 6.53. The van der Waals surface area contributed by atoms with Crippen LogP contribution in [0, 0.1) is 0 Å². The van der Waals surface area contributed by atoms with E-state index >= 15 is 0 Å². The highest BCUT2D eigenvalue weighted by molar-refractivity contribution is 4.68. The molecule has 4 nitrogen and oxygen atoms in total. The maximum Gasteiger partial charge on any atom is 0.0810 e. The molecule has 1 fully saturated rings. The second kappa shape index (κ2) is 3.33. The smallest absolute Gasteiger partial charge is 0.0810 e. The predicted molar refractivity (Wildman–Crippen MR) is 33.0 cm³/mol. The molecule has 50 valence electrons. The van der Waals surface area contributed by atoms with Gasteiger partial charge in [0.25, 0.3) is 0 Å². The molecule has 0 aromatic rings. The molecular formula is C5H9N3O. The highest BCUT2D eigenvalue weighted by atomic mass is 16.6. The highest BCUT2D eigenvalue weighted by Crippen LogP contribution is 2.14. The topological polar surface area (TPSA) is 61.3 Å². The number of rotatable bonds is 4. The molecule has 9 heavy (non-hydrogen) atoms. The third-order valence-corrected chi connectivity index (χ3v) is 1.25. The molecule has 1 aliphatic heterocycles. The van der Waals surface area contributed by atoms with Crippen LogP contribution in [0.25, 0.3) is 10.4 Å². The van der Waals surface area contributed by atoms with Crippen molar-refractivity contribution in [1.82, 2.24) is 0 Å². The van der Waals surface area contributed by atoms with Crippen LogP contribution >= 0.6 is 0 Å². The summed E-state index contributed by atoms with van der Waals surface area (Å²) in [4.78, 5) is 2.64. The average molecular weight is 127 g/mol. The Kier molecular flexibility index (Phi) is 2.36. The van der Waals surface area contributed by atoms with Crippen molar-refractivity contribution >= 4 is 0 Å². The van der Waals surface area contributed by atoms with Gasteiger partial charge in [-0.3, -0.25) is 0 Å². The van der Waals surface area contributed by atoms with Crippen molar-refractivity contribution in [3.05, 3.63) is 10.4 Å². The first-order valence-corrected chi connectivity index (χ1v) is 3.06. The van der Waals surface area contributed by atoms with Crippen molar-refractivity contribution in [2.24, 2.45) is 5.11 Å². The molecule has 1 aliphatic rings. The van der Waals surface area contributed by atoms with Gasteiger partial charge in [0, 0.05) is 11.5 Å². The van der Waals surface area contributed by atoms with Crippen LogP contribution < -0.4 is 0 Å². The summed E-state index contributed by atoms with van der Waals surface area (Å²) < 4.78 is 4.95. The summed E-state index contributed by atoms with van der Waals surface area (Å²) in [6.07, 6.45) is 2.46. The fourth-order valence-corrected chi connectivity index (χ4v) is 0.669. The first-order valence-electron chi connectivity index (χ1n) is 3.06. The number of ether oxygens (including phenoxy) is 1. The van der Waals surface area contributed by atoms with Crippen molar-refractivity contribution in [1.29, 1.82) is 0 Å². The molecule has 0 radical (unpaired) electrons. The zero-order valence-corrected chi connectivity index (χ0v) is 5.16. The van der Waals surface area contributed by atoms with Crippen LogP contribution in [-0.4, -0.2) is 19.3 Å². The summed E-state index contributed by atoms with van der Waals surface area (Å²) in [5.74, 6) is 0. The van der Waals surface area contributed by atoms with Gasteiger partial charge in [0.2, 0.25) is 0 Å². The van der Waals surface area contributed by atoms with Gasteiger partial charge in [-0.1, -0.05) is 5.11 Å². The van der Waals surface area contributed by atoms with Crippen molar-refractivity contribution < 1.29 is 4.74 Å². The van der Waals surface area contributed by atoms with Crippen LogP contribution in [-0.2, 0) is 4.74 Å². The molecule has 0 aromatic heterocycles. The molecule has 0 unspecified atom stereocenters. The summed E-state index contributed by atoms with van der Waals surface area (Å²) in [5.41, 5.74) is 7.87. The Morgan fingerprint density at radius 3 is 3.11 bits per heavy atom. The maximum absolute atomic E-state index is 7.87. The normalized spacial score (nSPS) is 22.9. The van der Waals surface area contributed by atoms with Gasteiger partial charge in [-0.25, -0.2) is 0 Å². The number of nitrogens with zero attached hydrogens (tertiary/aromatic N) is 3. The summed E-state index contributed by atoms with van der Waals surface area (Å²) in [7, 11) is 0. The minimum atomic E-state index is 0.471. The van der Waals surface area contributed by atoms with Gasteiger partial charge in [0.1, 0.15) is 0 Å². The molecule has 0 saturated carbocycles. The molecule has 1 atom stereocenters. The van der Waals surface area contributed by atoms with E-state index in [1.807, 2.05) is 0 Å². The largest absolute Gasteiger partial charge is 0.373 e. The van der Waals surface area contributed by atoms with E-state index in [-0.39, 0.29) is 0 Å². The third-order valence-electron chi connectivity index (χ3n) is 1.25. The Morgan fingerprint density at radius 1 is 1.78 bits per heavy atom. The van der Waals surface area contributed by atoms with Crippen LogP contribution in [0.4, 0.5) is 0 Å². The molecule has 0 spiro atoms. The van der Waals surface area contributed by atoms with E-state index in [0.717, 1.165) is 19.4 Å². The summed E-state index contributed by atoms with van der Waals surface area (Å²) in [6, 6.07) is 0. The lowest BCUT2D eigenvalue weighted by Gasteiger charge is -1.87. The quantitative estimate of drug-likeness (QED) is 0.185. The molecule has 1 rings (SSSR count). The molecule has 0 aromatic carbocycles. The minimum Gasteiger partial charge on any atom is -0.373 e. The van der Waals surface area contributed by atoms with E-state index < -0.39 is 0 Å². The third kappa shape index (κ3) is 2.95. The fourth-order valence-electron chi connectivity index (χ4n) is 0.669. The Labute approximate surface area is 53.4 Å². The lowest BCUT2D eigenvalue weighted by atomic mass is 10.2. The van der Waals surface area contributed by atoms with E-state index in [1.165, 1.54) is 0 Å². The summed E-state index contributed by atoms with van der Waals surface area (Å²) >= 11 is 0. The number of hydrogen-bond acceptors (Lipinski definition) is 2. The second-order valence-electron chi connectivity index (χ2n) is 2.05. The zero-order valence-electron chi connectivity index (χ0n) is 5.16. The van der Waals surface area contributed by atoms with E-state index in [2.05, 4.69) is 10.0 Å². The summed E-state index contributed by atoms with van der Waals surface area (Å²) in [6.45, 7) is 1.51. The van der Waals surface area contributed by atoms with Gasteiger partial charge >= 0.3 is 0 Å². The first kappa shape index (κ1) is 6.39. The first-order chi connectivity index (χ1) is 4.43. The summed E-state index contributed by atoms with van der Waals surface area (Å²) in [5, 5.41) is 3.40. The van der Waals surface area contributed by atoms with Gasteiger partial charge in [0.15, 0.2) is 0 Å². The van der Waals surface area contributed by atoms with E-state index in [4.69, 9.17) is 10.3 Å². The van der Waals surface area contributed by atoms with Gasteiger partial charge in [-0.2, -0.15) is 0 Å². The van der Waals surface area contributed by atoms with Crippen molar-refractivity contribution in [2.75, 3.05) is 13.2 Å². The van der Waals surface area contributed by atoms with Crippen LogP contribution in [0.2, 0.25) is 0 Å². The van der Waals surface area contributed by atoms with Gasteiger partial charge in [-0.05, 0) is 18.4 Å². The Hall–Kier alpha value is -0.730. The minimum absolute atomic E-state index is 0.471. The number of azide groups is 1. The van der Waals surface area contributed by atoms with Crippen molar-refractivity contribution in [2.45, 2.75) is 18.9 Å². The molecule has 0 aliphatic carbocycles. The molecule has 4 heteroatoms. The lowest BCUT2D eigenvalue weighted by Crippen LogP contribution is -1.86. The molecule has 0 amide bonds. The Bertz CT molecular complexity index is 126. The van der Waals surface area contributed by atoms with Crippen molar-refractivity contribution in [3.63, 3.8) is 0 Å². The Morgan fingerprint density at radius 2 is 2.56 bits per heavy atom. The maximum atomic E-state index is 7.87. The molecule has 1 saturated heterocycles. The van der Waals surface area contributed by atoms with Crippen molar-refractivity contribution in [3.8, 4) is 0 Å². The molecule has 0 N–H and O–H groups in total. The second-order valence-corrected chi connectivity index (χ2v) is 2.05. The van der Waals surface area contributed by atoms with Crippen LogP contribution in [0.15, 0.2) is 5.11 Å². The van der Waals surface area contributed by atoms with Crippen LogP contribution in [0.3, 0.4) is 0 Å². The van der Waals surface area contributed by atoms with E-state index in [9.17, 15) is 0 Å². The standard InChI is InChI=1S/C5H9N3O/c6-8-7-3-1-2-5-4-9-5/h5H,1-4H2/t5-/m0/s1. The van der Waals surface area contributed by atoms with Gasteiger partial charge < -0.3 is 4.74 Å². The average Bonchev–Trinajstić information content (AvgIpc) is 2.63. The number of hydrogen-bond donors (Lipinski definition) is 0. The predicted octanol–water partition coefficient (Wildman–Crippen LogP) is 1.48. The van der Waals surface area contributed by atoms with Gasteiger partial charge in [0.05, 0.1) is 12.7 Å². The van der Waals surface area contributed by atoms with Gasteiger partial charge in [-0.15, -0.1) is 0 Å². The Balaban J connectivity index is 1.86.